The van der Waals surface area contributed by atoms with Gasteiger partial charge in [0.2, 0.25) is 0 Å². The van der Waals surface area contributed by atoms with E-state index in [1.165, 1.54) is 25.2 Å². The van der Waals surface area contributed by atoms with Gasteiger partial charge in [0.05, 0.1) is 12.5 Å². The number of carbonyl (C=O) groups is 1. The molecular formula is C23H20ClN3O2S. The number of aryl methyl sites for hydroxylation is 1. The molecule has 2 aromatic heterocycles. The first kappa shape index (κ1) is 20.4. The van der Waals surface area contributed by atoms with Crippen molar-refractivity contribution in [2.45, 2.75) is 24.1 Å². The molecule has 4 rings (SSSR count). The molecule has 152 valence electrons. The fraction of sp³-hybridized carbons (Fsp3) is 0.174. The smallest absolute Gasteiger partial charge is 0.318 e. The molecule has 0 aliphatic carbocycles. The normalized spacial score (nSPS) is 12.1. The van der Waals surface area contributed by atoms with Crippen LogP contribution in [0.4, 0.5) is 0 Å². The molecule has 0 saturated heterocycles. The second-order valence-electron chi connectivity index (χ2n) is 6.87. The number of fused-ring (bicyclic) bond motifs is 1. The lowest BCUT2D eigenvalue weighted by molar-refractivity contribution is -0.139. The summed E-state index contributed by atoms with van der Waals surface area (Å²) in [6, 6.07) is 16.0. The van der Waals surface area contributed by atoms with Crippen LogP contribution in [0.1, 0.15) is 12.5 Å². The lowest BCUT2D eigenvalue weighted by atomic mass is 10.1. The van der Waals surface area contributed by atoms with Gasteiger partial charge in [-0.1, -0.05) is 59.8 Å². The number of hydrogen-bond donors (Lipinski definition) is 0. The molecule has 0 N–H and O–H groups in total. The minimum atomic E-state index is -0.395. The Morgan fingerprint density at radius 1 is 1.17 bits per heavy atom. The van der Waals surface area contributed by atoms with E-state index in [-0.39, 0.29) is 5.97 Å². The molecule has 0 radical (unpaired) electrons. The zero-order valence-corrected chi connectivity index (χ0v) is 18.4. The lowest BCUT2D eigenvalue weighted by Crippen LogP contribution is -2.14. The van der Waals surface area contributed by atoms with Crippen molar-refractivity contribution in [2.24, 2.45) is 0 Å². The second-order valence-corrected chi connectivity index (χ2v) is 8.61. The fourth-order valence-corrected chi connectivity index (χ4v) is 4.40. The summed E-state index contributed by atoms with van der Waals surface area (Å²) >= 11 is 7.75. The second kappa shape index (κ2) is 8.50. The Kier molecular flexibility index (Phi) is 5.79. The fourth-order valence-electron chi connectivity index (χ4n) is 3.27. The summed E-state index contributed by atoms with van der Waals surface area (Å²) in [5, 5.41) is 1.92. The van der Waals surface area contributed by atoms with E-state index in [2.05, 4.69) is 9.97 Å². The molecule has 0 amide bonds. The van der Waals surface area contributed by atoms with Gasteiger partial charge in [0.15, 0.2) is 0 Å². The van der Waals surface area contributed by atoms with E-state index < -0.39 is 5.25 Å². The Labute approximate surface area is 184 Å². The van der Waals surface area contributed by atoms with E-state index in [1.807, 2.05) is 73.1 Å². The highest BCUT2D eigenvalue weighted by molar-refractivity contribution is 8.00. The molecule has 5 nitrogen and oxygen atoms in total. The molecule has 0 aliphatic heterocycles. The van der Waals surface area contributed by atoms with Gasteiger partial charge in [0, 0.05) is 22.5 Å². The summed E-state index contributed by atoms with van der Waals surface area (Å²) in [4.78, 5) is 21.1. The first-order valence-electron chi connectivity index (χ1n) is 9.42. The van der Waals surface area contributed by atoms with Crippen molar-refractivity contribution < 1.29 is 9.53 Å². The van der Waals surface area contributed by atoms with E-state index in [1.54, 1.807) is 0 Å². The number of esters is 1. The third kappa shape index (κ3) is 3.80. The Bertz CT molecular complexity index is 1220. The van der Waals surface area contributed by atoms with Gasteiger partial charge in [-0.15, -0.1) is 0 Å². The molecule has 0 saturated carbocycles. The van der Waals surface area contributed by atoms with E-state index in [0.717, 1.165) is 38.4 Å². The molecular weight excluding hydrogens is 418 g/mol. The van der Waals surface area contributed by atoms with Crippen molar-refractivity contribution >= 4 is 40.4 Å². The highest BCUT2D eigenvalue weighted by atomic mass is 35.5. The number of aromatic nitrogens is 3. The van der Waals surface area contributed by atoms with Gasteiger partial charge in [0.25, 0.3) is 0 Å². The van der Waals surface area contributed by atoms with E-state index in [4.69, 9.17) is 16.3 Å². The highest BCUT2D eigenvalue weighted by Crippen LogP contribution is 2.38. The number of hydrogen-bond acceptors (Lipinski definition) is 5. The molecule has 0 aliphatic rings. The Hall–Kier alpha value is -2.83. The van der Waals surface area contributed by atoms with Crippen LogP contribution in [0.15, 0.2) is 66.1 Å². The predicted octanol–water partition coefficient (Wildman–Crippen LogP) is 5.70. The molecule has 0 bridgehead atoms. The van der Waals surface area contributed by atoms with Crippen molar-refractivity contribution in [1.82, 2.24) is 14.5 Å². The van der Waals surface area contributed by atoms with Gasteiger partial charge in [-0.05, 0) is 37.1 Å². The average Bonchev–Trinajstić information content (AvgIpc) is 3.16. The van der Waals surface area contributed by atoms with Crippen LogP contribution >= 0.6 is 23.4 Å². The van der Waals surface area contributed by atoms with Gasteiger partial charge < -0.3 is 9.30 Å². The summed E-state index contributed by atoms with van der Waals surface area (Å²) in [5.41, 5.74) is 4.71. The lowest BCUT2D eigenvalue weighted by Gasteiger charge is -2.10. The van der Waals surface area contributed by atoms with Crippen LogP contribution in [-0.4, -0.2) is 32.9 Å². The van der Waals surface area contributed by atoms with E-state index >= 15 is 0 Å². The third-order valence-electron chi connectivity index (χ3n) is 4.89. The van der Waals surface area contributed by atoms with Crippen LogP contribution in [0.3, 0.4) is 0 Å². The maximum Gasteiger partial charge on any atom is 0.318 e. The molecule has 30 heavy (non-hydrogen) atoms. The monoisotopic (exact) mass is 437 g/mol. The minimum absolute atomic E-state index is 0.294. The highest BCUT2D eigenvalue weighted by Gasteiger charge is 2.22. The summed E-state index contributed by atoms with van der Waals surface area (Å²) in [7, 11) is 1.39. The Morgan fingerprint density at radius 2 is 1.93 bits per heavy atom. The topological polar surface area (TPSA) is 57.0 Å². The standard InChI is InChI=1S/C23H20ClN3O2S/c1-14-9-10-17(11-19(14)24)27-12-18(16-7-5-4-6-8-16)20-21(27)25-13-26-22(20)30-15(2)23(28)29-3/h4-13,15H,1-3H3. The van der Waals surface area contributed by atoms with Crippen LogP contribution < -0.4 is 0 Å². The summed E-state index contributed by atoms with van der Waals surface area (Å²) < 4.78 is 6.90. The van der Waals surface area contributed by atoms with Gasteiger partial charge in [-0.2, -0.15) is 0 Å². The zero-order valence-electron chi connectivity index (χ0n) is 16.8. The number of methoxy groups -OCH3 is 1. The number of carbonyl (C=O) groups excluding carboxylic acids is 1. The molecule has 0 spiro atoms. The maximum atomic E-state index is 12.0. The third-order valence-corrected chi connectivity index (χ3v) is 6.37. The van der Waals surface area contributed by atoms with Crippen molar-refractivity contribution in [3.8, 4) is 16.8 Å². The molecule has 0 fully saturated rings. The molecule has 1 unspecified atom stereocenters. The van der Waals surface area contributed by atoms with Crippen molar-refractivity contribution in [2.75, 3.05) is 7.11 Å². The van der Waals surface area contributed by atoms with Crippen LogP contribution in [-0.2, 0) is 9.53 Å². The molecule has 7 heteroatoms. The number of benzene rings is 2. The van der Waals surface area contributed by atoms with E-state index in [0.29, 0.717) is 5.02 Å². The quantitative estimate of drug-likeness (QED) is 0.227. The Balaban J connectivity index is 1.95. The number of thioether (sulfide) groups is 1. The van der Waals surface area contributed by atoms with E-state index in [9.17, 15) is 4.79 Å². The molecule has 4 aromatic rings. The van der Waals surface area contributed by atoms with Gasteiger partial charge in [0.1, 0.15) is 22.3 Å². The number of rotatable bonds is 5. The number of ether oxygens (including phenoxy) is 1. The number of halogens is 1. The Morgan fingerprint density at radius 3 is 2.63 bits per heavy atom. The van der Waals surface area contributed by atoms with Crippen LogP contribution in [0.5, 0.6) is 0 Å². The summed E-state index contributed by atoms with van der Waals surface area (Å²) in [6.45, 7) is 3.78. The summed E-state index contributed by atoms with van der Waals surface area (Å²) in [5.74, 6) is -0.294. The van der Waals surface area contributed by atoms with Gasteiger partial charge in [-0.3, -0.25) is 4.79 Å². The van der Waals surface area contributed by atoms with Crippen LogP contribution in [0, 0.1) is 6.92 Å². The summed E-state index contributed by atoms with van der Waals surface area (Å²) in [6.07, 6.45) is 3.57. The molecule has 1 atom stereocenters. The average molecular weight is 438 g/mol. The predicted molar refractivity (Wildman–Crippen MR) is 121 cm³/mol. The van der Waals surface area contributed by atoms with Crippen molar-refractivity contribution in [3.63, 3.8) is 0 Å². The van der Waals surface area contributed by atoms with Gasteiger partial charge >= 0.3 is 5.97 Å². The minimum Gasteiger partial charge on any atom is -0.468 e. The SMILES string of the molecule is COC(=O)C(C)Sc1ncnc2c1c(-c1ccccc1)cn2-c1ccc(C)c(Cl)c1. The van der Waals surface area contributed by atoms with Crippen molar-refractivity contribution in [1.29, 1.82) is 0 Å². The maximum absolute atomic E-state index is 12.0. The first-order valence-corrected chi connectivity index (χ1v) is 10.7. The van der Waals surface area contributed by atoms with Crippen LogP contribution in [0.2, 0.25) is 5.02 Å². The molecule has 2 aromatic carbocycles. The first-order chi connectivity index (χ1) is 14.5. The van der Waals surface area contributed by atoms with Gasteiger partial charge in [-0.25, -0.2) is 9.97 Å². The van der Waals surface area contributed by atoms with Crippen LogP contribution in [0.25, 0.3) is 27.8 Å². The molecule has 2 heterocycles. The zero-order chi connectivity index (χ0) is 21.3. The van der Waals surface area contributed by atoms with Crippen molar-refractivity contribution in [3.05, 3.63) is 71.6 Å². The number of nitrogens with zero attached hydrogens (tertiary/aromatic N) is 3. The largest absolute Gasteiger partial charge is 0.468 e.